The van der Waals surface area contributed by atoms with Crippen LogP contribution in [0.1, 0.15) is 17.0 Å². The second-order valence-electron chi connectivity index (χ2n) is 3.99. The molecule has 0 radical (unpaired) electrons. The summed E-state index contributed by atoms with van der Waals surface area (Å²) in [4.78, 5) is 1.28. The van der Waals surface area contributed by atoms with Gasteiger partial charge in [0.25, 0.3) is 0 Å². The summed E-state index contributed by atoms with van der Waals surface area (Å²) >= 11 is 1.76. The lowest BCUT2D eigenvalue weighted by Gasteiger charge is -2.07. The molecule has 2 N–H and O–H groups in total. The van der Waals surface area contributed by atoms with Crippen molar-refractivity contribution in [3.63, 3.8) is 0 Å². The van der Waals surface area contributed by atoms with E-state index in [1.807, 2.05) is 13.8 Å². The van der Waals surface area contributed by atoms with Crippen LogP contribution < -0.4 is 5.32 Å². The van der Waals surface area contributed by atoms with E-state index in [2.05, 4.69) is 46.0 Å². The number of H-pyrrole nitrogens is 1. The highest BCUT2D eigenvalue weighted by Gasteiger charge is 2.05. The molecule has 2 rings (SSSR count). The predicted molar refractivity (Wildman–Crippen MR) is 73.6 cm³/mol. The Morgan fingerprint density at radius 1 is 1.24 bits per heavy atom. The molecular weight excluding hydrogens is 230 g/mol. The number of aromatic nitrogens is 2. The van der Waals surface area contributed by atoms with Gasteiger partial charge in [0.05, 0.1) is 5.69 Å². The van der Waals surface area contributed by atoms with Crippen LogP contribution in [0.25, 0.3) is 0 Å². The van der Waals surface area contributed by atoms with Crippen LogP contribution in [0.15, 0.2) is 29.2 Å². The molecule has 4 heteroatoms. The average molecular weight is 247 g/mol. The summed E-state index contributed by atoms with van der Waals surface area (Å²) in [6.07, 6.45) is 2.08. The number of nitrogens with zero attached hydrogens (tertiary/aromatic N) is 1. The summed E-state index contributed by atoms with van der Waals surface area (Å²) in [6, 6.07) is 8.47. The maximum Gasteiger partial charge on any atom is 0.0643 e. The van der Waals surface area contributed by atoms with Crippen molar-refractivity contribution in [3.8, 4) is 0 Å². The fourth-order valence-electron chi connectivity index (χ4n) is 1.73. The van der Waals surface area contributed by atoms with Crippen molar-refractivity contribution in [2.75, 3.05) is 11.6 Å². The van der Waals surface area contributed by atoms with Crippen LogP contribution in [-0.4, -0.2) is 16.5 Å². The number of thioether (sulfide) groups is 1. The first kappa shape index (κ1) is 12.0. The fourth-order valence-corrected chi connectivity index (χ4v) is 2.14. The molecule has 3 nitrogen and oxygen atoms in total. The van der Waals surface area contributed by atoms with E-state index in [9.17, 15) is 0 Å². The number of aryl methyl sites for hydroxylation is 2. The molecule has 1 aromatic heterocycles. The minimum Gasteiger partial charge on any atom is -0.381 e. The highest BCUT2D eigenvalue weighted by Crippen LogP contribution is 2.18. The van der Waals surface area contributed by atoms with Crippen molar-refractivity contribution in [2.24, 2.45) is 0 Å². The first-order valence-corrected chi connectivity index (χ1v) is 6.81. The molecule has 0 aliphatic rings. The molecule has 0 aliphatic carbocycles. The second kappa shape index (κ2) is 5.27. The maximum absolute atomic E-state index is 4.19. The molecule has 0 saturated carbocycles. The highest BCUT2D eigenvalue weighted by molar-refractivity contribution is 7.98. The van der Waals surface area contributed by atoms with Crippen molar-refractivity contribution in [3.05, 3.63) is 41.2 Å². The molecule has 1 heterocycles. The van der Waals surface area contributed by atoms with Gasteiger partial charge in [0.15, 0.2) is 0 Å². The summed E-state index contributed by atoms with van der Waals surface area (Å²) in [5, 5.41) is 10.6. The smallest absolute Gasteiger partial charge is 0.0643 e. The summed E-state index contributed by atoms with van der Waals surface area (Å²) in [5.74, 6) is 0. The number of hydrogen-bond donors (Lipinski definition) is 2. The Labute approximate surface area is 106 Å². The molecule has 0 bridgehead atoms. The second-order valence-corrected chi connectivity index (χ2v) is 4.87. The Morgan fingerprint density at radius 2 is 1.94 bits per heavy atom. The van der Waals surface area contributed by atoms with Gasteiger partial charge >= 0.3 is 0 Å². The molecule has 17 heavy (non-hydrogen) atoms. The average Bonchev–Trinajstić information content (AvgIpc) is 2.67. The molecule has 1 aromatic carbocycles. The minimum absolute atomic E-state index is 0.812. The van der Waals surface area contributed by atoms with E-state index >= 15 is 0 Å². The van der Waals surface area contributed by atoms with Gasteiger partial charge in [0.1, 0.15) is 0 Å². The Kier molecular flexibility index (Phi) is 3.74. The normalized spacial score (nSPS) is 10.5. The van der Waals surface area contributed by atoms with Crippen molar-refractivity contribution < 1.29 is 0 Å². The zero-order chi connectivity index (χ0) is 12.3. The van der Waals surface area contributed by atoms with Crippen LogP contribution in [0.5, 0.6) is 0 Å². The molecule has 0 saturated heterocycles. The van der Waals surface area contributed by atoms with Gasteiger partial charge in [-0.05, 0) is 44.4 Å². The molecule has 0 aliphatic heterocycles. The van der Waals surface area contributed by atoms with Gasteiger partial charge in [-0.25, -0.2) is 0 Å². The number of benzene rings is 1. The lowest BCUT2D eigenvalue weighted by atomic mass is 10.2. The van der Waals surface area contributed by atoms with E-state index in [1.165, 1.54) is 10.5 Å². The number of hydrogen-bond acceptors (Lipinski definition) is 3. The largest absolute Gasteiger partial charge is 0.381 e. The van der Waals surface area contributed by atoms with E-state index in [0.29, 0.717) is 0 Å². The van der Waals surface area contributed by atoms with Crippen LogP contribution in [0.3, 0.4) is 0 Å². The number of aromatic amines is 1. The van der Waals surface area contributed by atoms with E-state index in [0.717, 1.165) is 23.6 Å². The van der Waals surface area contributed by atoms with E-state index in [-0.39, 0.29) is 0 Å². The molecule has 0 spiro atoms. The lowest BCUT2D eigenvalue weighted by molar-refractivity contribution is 1.02. The van der Waals surface area contributed by atoms with Crippen LogP contribution in [0.2, 0.25) is 0 Å². The van der Waals surface area contributed by atoms with Gasteiger partial charge in [0.2, 0.25) is 0 Å². The van der Waals surface area contributed by atoms with Crippen LogP contribution >= 0.6 is 11.8 Å². The Hall–Kier alpha value is -1.42. The van der Waals surface area contributed by atoms with Gasteiger partial charge in [-0.1, -0.05) is 0 Å². The summed E-state index contributed by atoms with van der Waals surface area (Å²) in [7, 11) is 0. The van der Waals surface area contributed by atoms with Gasteiger partial charge < -0.3 is 5.32 Å². The SMILES string of the molecule is CSc1ccc(NCc2c(C)n[nH]c2C)cc1. The number of anilines is 1. The van der Waals surface area contributed by atoms with Crippen LogP contribution in [0, 0.1) is 13.8 Å². The zero-order valence-electron chi connectivity index (χ0n) is 10.4. The van der Waals surface area contributed by atoms with Crippen molar-refractivity contribution in [1.82, 2.24) is 10.2 Å². The first-order valence-electron chi connectivity index (χ1n) is 5.59. The molecule has 0 fully saturated rings. The summed E-state index contributed by atoms with van der Waals surface area (Å²) < 4.78 is 0. The van der Waals surface area contributed by atoms with E-state index in [1.54, 1.807) is 11.8 Å². The third-order valence-corrected chi connectivity index (χ3v) is 3.58. The zero-order valence-corrected chi connectivity index (χ0v) is 11.2. The van der Waals surface area contributed by atoms with Crippen LogP contribution in [0.4, 0.5) is 5.69 Å². The van der Waals surface area contributed by atoms with Gasteiger partial charge in [-0.3, -0.25) is 5.10 Å². The molecule has 0 amide bonds. The monoisotopic (exact) mass is 247 g/mol. The molecule has 90 valence electrons. The number of nitrogens with one attached hydrogen (secondary N) is 2. The predicted octanol–water partition coefficient (Wildman–Crippen LogP) is 3.36. The standard InChI is InChI=1S/C13H17N3S/c1-9-13(10(2)16-15-9)8-14-11-4-6-12(17-3)7-5-11/h4-7,14H,8H2,1-3H3,(H,15,16). The van der Waals surface area contributed by atoms with Gasteiger partial charge in [-0.15, -0.1) is 11.8 Å². The van der Waals surface area contributed by atoms with E-state index in [4.69, 9.17) is 0 Å². The topological polar surface area (TPSA) is 40.7 Å². The third kappa shape index (κ3) is 2.82. The Balaban J connectivity index is 2.02. The van der Waals surface area contributed by atoms with Crippen LogP contribution in [-0.2, 0) is 6.54 Å². The van der Waals surface area contributed by atoms with Crippen molar-refractivity contribution in [2.45, 2.75) is 25.3 Å². The quantitative estimate of drug-likeness (QED) is 0.814. The van der Waals surface area contributed by atoms with E-state index < -0.39 is 0 Å². The lowest BCUT2D eigenvalue weighted by Crippen LogP contribution is -2.01. The minimum atomic E-state index is 0.812. The van der Waals surface area contributed by atoms with Crippen molar-refractivity contribution >= 4 is 17.4 Å². The van der Waals surface area contributed by atoms with Crippen molar-refractivity contribution in [1.29, 1.82) is 0 Å². The molecule has 0 atom stereocenters. The Bertz CT molecular complexity index is 468. The highest BCUT2D eigenvalue weighted by atomic mass is 32.2. The molecule has 0 unspecified atom stereocenters. The number of rotatable bonds is 4. The fraction of sp³-hybridized carbons (Fsp3) is 0.308. The van der Waals surface area contributed by atoms with Gasteiger partial charge in [0, 0.05) is 28.4 Å². The Morgan fingerprint density at radius 3 is 2.47 bits per heavy atom. The van der Waals surface area contributed by atoms with Gasteiger partial charge in [-0.2, -0.15) is 5.10 Å². The molecular formula is C13H17N3S. The third-order valence-electron chi connectivity index (χ3n) is 2.84. The maximum atomic E-state index is 4.19. The molecule has 2 aromatic rings. The summed E-state index contributed by atoms with van der Waals surface area (Å²) in [5.41, 5.74) is 4.59. The first-order chi connectivity index (χ1) is 8.20. The summed E-state index contributed by atoms with van der Waals surface area (Å²) in [6.45, 7) is 4.89.